The lowest BCUT2D eigenvalue weighted by Crippen LogP contribution is -2.41. The Hall–Kier alpha value is -1.59. The van der Waals surface area contributed by atoms with Gasteiger partial charge in [0.2, 0.25) is 0 Å². The zero-order chi connectivity index (χ0) is 15.4. The van der Waals surface area contributed by atoms with Crippen molar-refractivity contribution in [3.05, 3.63) is 35.9 Å². The average Bonchev–Trinajstić information content (AvgIpc) is 3.30. The highest BCUT2D eigenvalue weighted by Crippen LogP contribution is 2.31. The quantitative estimate of drug-likeness (QED) is 0.746. The normalized spacial score (nSPS) is 23.2. The third-order valence-corrected chi connectivity index (χ3v) is 4.62. The summed E-state index contributed by atoms with van der Waals surface area (Å²) in [5.74, 6) is 0.552. The van der Waals surface area contributed by atoms with Crippen LogP contribution in [-0.4, -0.2) is 48.3 Å². The smallest absolute Gasteiger partial charge is 0.315 e. The second kappa shape index (κ2) is 7.11. The molecule has 22 heavy (non-hydrogen) atoms. The molecule has 2 aliphatic rings. The molecule has 0 radical (unpaired) electrons. The lowest BCUT2D eigenvalue weighted by atomic mass is 10.1. The van der Waals surface area contributed by atoms with E-state index in [-0.39, 0.29) is 18.7 Å². The molecule has 2 fully saturated rings. The largest absolute Gasteiger partial charge is 0.394 e. The molecule has 0 bridgehead atoms. The maximum atomic E-state index is 12.0. The number of nitrogens with one attached hydrogen (secondary N) is 2. The highest BCUT2D eigenvalue weighted by atomic mass is 16.3. The predicted molar refractivity (Wildman–Crippen MR) is 85.5 cm³/mol. The van der Waals surface area contributed by atoms with E-state index in [0.717, 1.165) is 18.2 Å². The number of rotatable bonds is 6. The predicted octanol–water partition coefficient (Wildman–Crippen LogP) is 1.50. The van der Waals surface area contributed by atoms with Crippen molar-refractivity contribution in [2.45, 2.75) is 31.3 Å². The zero-order valence-corrected chi connectivity index (χ0v) is 12.9. The van der Waals surface area contributed by atoms with Crippen LogP contribution in [0.1, 0.15) is 30.9 Å². The molecule has 1 saturated carbocycles. The summed E-state index contributed by atoms with van der Waals surface area (Å²) in [5, 5.41) is 15.3. The summed E-state index contributed by atoms with van der Waals surface area (Å²) >= 11 is 0. The molecular formula is C17H25N3O2. The van der Waals surface area contributed by atoms with Crippen molar-refractivity contribution < 1.29 is 9.90 Å². The molecule has 120 valence electrons. The molecule has 2 atom stereocenters. The summed E-state index contributed by atoms with van der Waals surface area (Å²) in [6.45, 7) is 2.88. The van der Waals surface area contributed by atoms with Crippen molar-refractivity contribution in [1.29, 1.82) is 0 Å². The minimum Gasteiger partial charge on any atom is -0.394 e. The van der Waals surface area contributed by atoms with Gasteiger partial charge in [-0.25, -0.2) is 4.79 Å². The lowest BCUT2D eigenvalue weighted by Gasteiger charge is -2.19. The first-order valence-corrected chi connectivity index (χ1v) is 8.20. The van der Waals surface area contributed by atoms with Crippen LogP contribution >= 0.6 is 0 Å². The number of nitrogens with zero attached hydrogens (tertiary/aromatic N) is 1. The lowest BCUT2D eigenvalue weighted by molar-refractivity contribution is 0.215. The number of urea groups is 1. The Bertz CT molecular complexity index is 490. The van der Waals surface area contributed by atoms with Gasteiger partial charge in [-0.15, -0.1) is 0 Å². The maximum absolute atomic E-state index is 12.0. The molecule has 3 rings (SSSR count). The summed E-state index contributed by atoms with van der Waals surface area (Å²) in [7, 11) is 0. The average molecular weight is 303 g/mol. The number of aliphatic hydroxyl groups excluding tert-OH is 1. The highest BCUT2D eigenvalue weighted by Gasteiger charge is 2.34. The van der Waals surface area contributed by atoms with Crippen molar-refractivity contribution in [2.75, 3.05) is 26.2 Å². The Labute approximate surface area is 131 Å². The first-order valence-electron chi connectivity index (χ1n) is 8.20. The van der Waals surface area contributed by atoms with Crippen molar-refractivity contribution in [3.8, 4) is 0 Å². The maximum Gasteiger partial charge on any atom is 0.315 e. The Morgan fingerprint density at radius 1 is 1.27 bits per heavy atom. The van der Waals surface area contributed by atoms with E-state index in [9.17, 15) is 9.90 Å². The van der Waals surface area contributed by atoms with Gasteiger partial charge in [-0.05, 0) is 37.3 Å². The van der Waals surface area contributed by atoms with E-state index in [1.54, 1.807) is 0 Å². The van der Waals surface area contributed by atoms with Gasteiger partial charge in [0.1, 0.15) is 0 Å². The van der Waals surface area contributed by atoms with E-state index >= 15 is 0 Å². The third kappa shape index (κ3) is 3.99. The minimum absolute atomic E-state index is 0.101. The van der Waals surface area contributed by atoms with Gasteiger partial charge in [0.25, 0.3) is 0 Å². The Balaban J connectivity index is 1.42. The van der Waals surface area contributed by atoms with E-state index < -0.39 is 0 Å². The second-order valence-corrected chi connectivity index (χ2v) is 6.38. The number of amides is 2. The number of aliphatic hydroxyl groups is 1. The van der Waals surface area contributed by atoms with Crippen LogP contribution in [0.3, 0.4) is 0 Å². The van der Waals surface area contributed by atoms with Crippen molar-refractivity contribution in [3.63, 3.8) is 0 Å². The fourth-order valence-electron chi connectivity index (χ4n) is 3.17. The molecule has 1 aliphatic heterocycles. The third-order valence-electron chi connectivity index (χ3n) is 4.62. The minimum atomic E-state index is -0.354. The van der Waals surface area contributed by atoms with Gasteiger partial charge in [-0.2, -0.15) is 0 Å². The molecule has 5 nitrogen and oxygen atoms in total. The van der Waals surface area contributed by atoms with Crippen molar-refractivity contribution in [2.24, 2.45) is 5.92 Å². The van der Waals surface area contributed by atoms with Crippen LogP contribution in [-0.2, 0) is 0 Å². The summed E-state index contributed by atoms with van der Waals surface area (Å²) in [4.78, 5) is 14.6. The SMILES string of the molecule is O=C(NCC1CCN(C2CC2)C1)NC(CO)c1ccccc1. The monoisotopic (exact) mass is 303 g/mol. The number of hydrogen-bond acceptors (Lipinski definition) is 3. The second-order valence-electron chi connectivity index (χ2n) is 6.38. The summed E-state index contributed by atoms with van der Waals surface area (Å²) in [6.07, 6.45) is 3.85. The number of likely N-dealkylation sites (tertiary alicyclic amines) is 1. The van der Waals surface area contributed by atoms with Crippen molar-refractivity contribution in [1.82, 2.24) is 15.5 Å². The fraction of sp³-hybridized carbons (Fsp3) is 0.588. The van der Waals surface area contributed by atoms with Gasteiger partial charge in [-0.1, -0.05) is 30.3 Å². The van der Waals surface area contributed by atoms with Crippen LogP contribution in [0.15, 0.2) is 30.3 Å². The summed E-state index contributed by atoms with van der Waals surface area (Å²) < 4.78 is 0. The first kappa shape index (κ1) is 15.3. The number of hydrogen-bond donors (Lipinski definition) is 3. The molecule has 1 heterocycles. The Kier molecular flexibility index (Phi) is 4.95. The first-order chi connectivity index (χ1) is 10.8. The standard InChI is InChI=1S/C17H25N3O2/c21-12-16(14-4-2-1-3-5-14)19-17(22)18-10-13-8-9-20(11-13)15-6-7-15/h1-5,13,15-16,21H,6-12H2,(H2,18,19,22). The Morgan fingerprint density at radius 3 is 2.73 bits per heavy atom. The van der Waals surface area contributed by atoms with Gasteiger partial charge in [0, 0.05) is 19.1 Å². The molecule has 1 aromatic rings. The van der Waals surface area contributed by atoms with Gasteiger partial charge in [0.05, 0.1) is 12.6 Å². The van der Waals surface area contributed by atoms with Gasteiger partial charge in [0.15, 0.2) is 0 Å². The Morgan fingerprint density at radius 2 is 2.05 bits per heavy atom. The zero-order valence-electron chi connectivity index (χ0n) is 12.9. The molecule has 1 saturated heterocycles. The van der Waals surface area contributed by atoms with Crippen molar-refractivity contribution >= 4 is 6.03 Å². The molecule has 0 aromatic heterocycles. The van der Waals surface area contributed by atoms with E-state index in [1.807, 2.05) is 30.3 Å². The topological polar surface area (TPSA) is 64.6 Å². The number of carbonyl (C=O) groups is 1. The van der Waals surface area contributed by atoms with Crippen LogP contribution in [0, 0.1) is 5.92 Å². The van der Waals surface area contributed by atoms with E-state index in [4.69, 9.17) is 0 Å². The van der Waals surface area contributed by atoms with Gasteiger partial charge < -0.3 is 20.6 Å². The molecule has 2 amide bonds. The molecular weight excluding hydrogens is 278 g/mol. The van der Waals surface area contributed by atoms with Crippen LogP contribution in [0.2, 0.25) is 0 Å². The number of benzene rings is 1. The van der Waals surface area contributed by atoms with Crippen LogP contribution in [0.5, 0.6) is 0 Å². The molecule has 2 unspecified atom stereocenters. The highest BCUT2D eigenvalue weighted by molar-refractivity contribution is 5.74. The molecule has 1 aromatic carbocycles. The molecule has 1 aliphatic carbocycles. The van der Waals surface area contributed by atoms with E-state index in [1.165, 1.54) is 25.8 Å². The van der Waals surface area contributed by atoms with Crippen LogP contribution in [0.4, 0.5) is 4.79 Å². The van der Waals surface area contributed by atoms with E-state index in [0.29, 0.717) is 12.5 Å². The molecule has 0 spiro atoms. The molecule has 3 N–H and O–H groups in total. The van der Waals surface area contributed by atoms with E-state index in [2.05, 4.69) is 15.5 Å². The van der Waals surface area contributed by atoms with Gasteiger partial charge in [-0.3, -0.25) is 0 Å². The molecule has 5 heteroatoms. The fourth-order valence-corrected chi connectivity index (χ4v) is 3.17. The van der Waals surface area contributed by atoms with Crippen LogP contribution < -0.4 is 10.6 Å². The summed E-state index contributed by atoms with van der Waals surface area (Å²) in [6, 6.07) is 9.81. The summed E-state index contributed by atoms with van der Waals surface area (Å²) in [5.41, 5.74) is 0.918. The van der Waals surface area contributed by atoms with Crippen LogP contribution in [0.25, 0.3) is 0 Å². The number of carbonyl (C=O) groups excluding carboxylic acids is 1. The van der Waals surface area contributed by atoms with Gasteiger partial charge >= 0.3 is 6.03 Å².